The third kappa shape index (κ3) is 3.38. The molecular formula is C18H18F2N2OS. The molecule has 1 fully saturated rings. The topological polar surface area (TPSA) is 32.3 Å². The van der Waals surface area contributed by atoms with Crippen molar-refractivity contribution in [1.29, 1.82) is 0 Å². The molecule has 3 rings (SSSR count). The summed E-state index contributed by atoms with van der Waals surface area (Å²) >= 11 is 1.68. The van der Waals surface area contributed by atoms with Crippen molar-refractivity contribution in [1.82, 2.24) is 4.90 Å². The number of thioether (sulfide) groups is 1. The number of urea groups is 1. The lowest BCUT2D eigenvalue weighted by atomic mass is 10.1. The van der Waals surface area contributed by atoms with Gasteiger partial charge in [-0.05, 0) is 37.1 Å². The number of aryl methyl sites for hydroxylation is 2. The third-order valence-corrected chi connectivity index (χ3v) is 5.26. The smallest absolute Gasteiger partial charge is 0.308 e. The van der Waals surface area contributed by atoms with Crippen molar-refractivity contribution in [3.63, 3.8) is 0 Å². The summed E-state index contributed by atoms with van der Waals surface area (Å²) in [4.78, 5) is 14.2. The van der Waals surface area contributed by atoms with Crippen LogP contribution in [0.5, 0.6) is 0 Å². The Morgan fingerprint density at radius 1 is 1.21 bits per heavy atom. The van der Waals surface area contributed by atoms with E-state index in [9.17, 15) is 13.6 Å². The van der Waals surface area contributed by atoms with E-state index < -0.39 is 11.6 Å². The molecule has 1 atom stereocenters. The zero-order valence-corrected chi connectivity index (χ0v) is 14.3. The molecular weight excluding hydrogens is 330 g/mol. The standard InChI is InChI=1S/C18H18F2N2OS/c1-11-3-5-14(12(2)9-11)17-22(7-8-24-17)18(23)21-16-6-4-13(19)10-15(16)20/h3-6,9-10,17H,7-8H2,1-2H3,(H,21,23). The Bertz CT molecular complexity index is 782. The molecule has 0 aliphatic carbocycles. The number of hydrogen-bond donors (Lipinski definition) is 1. The van der Waals surface area contributed by atoms with E-state index >= 15 is 0 Å². The first-order valence-electron chi connectivity index (χ1n) is 7.67. The molecule has 6 heteroatoms. The molecule has 1 heterocycles. The van der Waals surface area contributed by atoms with E-state index in [0.29, 0.717) is 6.54 Å². The summed E-state index contributed by atoms with van der Waals surface area (Å²) in [5.74, 6) is -0.634. The molecule has 1 aliphatic heterocycles. The van der Waals surface area contributed by atoms with E-state index in [0.717, 1.165) is 29.0 Å². The third-order valence-electron chi connectivity index (χ3n) is 4.02. The van der Waals surface area contributed by atoms with Gasteiger partial charge in [0, 0.05) is 18.4 Å². The zero-order valence-electron chi connectivity index (χ0n) is 13.5. The molecule has 2 aromatic carbocycles. The Labute approximate surface area is 144 Å². The molecule has 0 radical (unpaired) electrons. The van der Waals surface area contributed by atoms with Crippen LogP contribution in [0.4, 0.5) is 19.3 Å². The second-order valence-corrected chi connectivity index (χ2v) is 7.02. The number of hydrogen-bond acceptors (Lipinski definition) is 2. The van der Waals surface area contributed by atoms with Crippen molar-refractivity contribution >= 4 is 23.5 Å². The minimum Gasteiger partial charge on any atom is -0.308 e. The van der Waals surface area contributed by atoms with Gasteiger partial charge < -0.3 is 10.2 Å². The number of carbonyl (C=O) groups excluding carboxylic acids is 1. The predicted molar refractivity (Wildman–Crippen MR) is 93.2 cm³/mol. The van der Waals surface area contributed by atoms with E-state index in [1.54, 1.807) is 16.7 Å². The monoisotopic (exact) mass is 348 g/mol. The Morgan fingerprint density at radius 3 is 2.71 bits per heavy atom. The summed E-state index contributed by atoms with van der Waals surface area (Å²) in [6.07, 6.45) is 0. The van der Waals surface area contributed by atoms with Crippen molar-refractivity contribution in [2.75, 3.05) is 17.6 Å². The van der Waals surface area contributed by atoms with Crippen LogP contribution in [-0.4, -0.2) is 23.2 Å². The number of carbonyl (C=O) groups is 1. The van der Waals surface area contributed by atoms with Crippen LogP contribution in [0.25, 0.3) is 0 Å². The molecule has 2 aromatic rings. The SMILES string of the molecule is Cc1ccc(C2SCCN2C(=O)Nc2ccc(F)cc2F)c(C)c1. The van der Waals surface area contributed by atoms with Crippen molar-refractivity contribution < 1.29 is 13.6 Å². The van der Waals surface area contributed by atoms with Gasteiger partial charge in [-0.15, -0.1) is 11.8 Å². The summed E-state index contributed by atoms with van der Waals surface area (Å²) in [5, 5.41) is 2.44. The lowest BCUT2D eigenvalue weighted by Crippen LogP contribution is -2.34. The molecule has 1 N–H and O–H groups in total. The van der Waals surface area contributed by atoms with E-state index in [1.807, 2.05) is 26.0 Å². The number of amides is 2. The summed E-state index contributed by atoms with van der Waals surface area (Å²) < 4.78 is 26.7. The second kappa shape index (κ2) is 6.81. The largest absolute Gasteiger partial charge is 0.323 e. The maximum atomic E-state index is 13.7. The number of nitrogens with one attached hydrogen (secondary N) is 1. The van der Waals surface area contributed by atoms with Crippen LogP contribution < -0.4 is 5.32 Å². The van der Waals surface area contributed by atoms with Gasteiger partial charge in [-0.3, -0.25) is 0 Å². The summed E-state index contributed by atoms with van der Waals surface area (Å²) in [7, 11) is 0. The lowest BCUT2D eigenvalue weighted by molar-refractivity contribution is 0.214. The Hall–Kier alpha value is -2.08. The highest BCUT2D eigenvalue weighted by Crippen LogP contribution is 2.39. The van der Waals surface area contributed by atoms with Crippen molar-refractivity contribution in [2.24, 2.45) is 0 Å². The van der Waals surface area contributed by atoms with Gasteiger partial charge in [0.15, 0.2) is 0 Å². The molecule has 126 valence electrons. The first-order chi connectivity index (χ1) is 11.5. The van der Waals surface area contributed by atoms with Crippen molar-refractivity contribution in [3.8, 4) is 0 Å². The number of benzene rings is 2. The predicted octanol–water partition coefficient (Wildman–Crippen LogP) is 4.86. The van der Waals surface area contributed by atoms with E-state index in [4.69, 9.17) is 0 Å². The van der Waals surface area contributed by atoms with Gasteiger partial charge in [-0.25, -0.2) is 13.6 Å². The fourth-order valence-corrected chi connectivity index (χ4v) is 4.17. The molecule has 2 amide bonds. The highest BCUT2D eigenvalue weighted by Gasteiger charge is 2.31. The van der Waals surface area contributed by atoms with E-state index in [-0.39, 0.29) is 17.1 Å². The minimum absolute atomic E-state index is 0.0160. The molecule has 1 unspecified atom stereocenters. The van der Waals surface area contributed by atoms with Gasteiger partial charge in [-0.1, -0.05) is 23.8 Å². The average molecular weight is 348 g/mol. The van der Waals surface area contributed by atoms with Gasteiger partial charge in [0.05, 0.1) is 5.69 Å². The number of anilines is 1. The minimum atomic E-state index is -0.779. The Morgan fingerprint density at radius 2 is 2.00 bits per heavy atom. The fourth-order valence-electron chi connectivity index (χ4n) is 2.82. The van der Waals surface area contributed by atoms with Crippen LogP contribution in [0.15, 0.2) is 36.4 Å². The first-order valence-corrected chi connectivity index (χ1v) is 8.72. The van der Waals surface area contributed by atoms with Crippen molar-refractivity contribution in [2.45, 2.75) is 19.2 Å². The van der Waals surface area contributed by atoms with E-state index in [2.05, 4.69) is 11.4 Å². The molecule has 0 bridgehead atoms. The van der Waals surface area contributed by atoms with E-state index in [1.165, 1.54) is 11.6 Å². The maximum absolute atomic E-state index is 13.7. The van der Waals surface area contributed by atoms with Crippen LogP contribution in [0, 0.1) is 25.5 Å². The van der Waals surface area contributed by atoms with Crippen LogP contribution in [0.2, 0.25) is 0 Å². The van der Waals surface area contributed by atoms with Gasteiger partial charge in [-0.2, -0.15) is 0 Å². The molecule has 24 heavy (non-hydrogen) atoms. The van der Waals surface area contributed by atoms with Crippen molar-refractivity contribution in [3.05, 3.63) is 64.7 Å². The number of nitrogens with zero attached hydrogens (tertiary/aromatic N) is 1. The highest BCUT2D eigenvalue weighted by molar-refractivity contribution is 7.99. The fraction of sp³-hybridized carbons (Fsp3) is 0.278. The van der Waals surface area contributed by atoms with Gasteiger partial charge >= 0.3 is 6.03 Å². The molecule has 1 aliphatic rings. The van der Waals surface area contributed by atoms with Gasteiger partial charge in [0.1, 0.15) is 17.0 Å². The Kier molecular flexibility index (Phi) is 4.76. The van der Waals surface area contributed by atoms with Gasteiger partial charge in [0.2, 0.25) is 0 Å². The summed E-state index contributed by atoms with van der Waals surface area (Å²) in [5.41, 5.74) is 3.36. The van der Waals surface area contributed by atoms with Crippen LogP contribution >= 0.6 is 11.8 Å². The van der Waals surface area contributed by atoms with Crippen LogP contribution in [0.1, 0.15) is 22.1 Å². The molecule has 0 saturated carbocycles. The molecule has 1 saturated heterocycles. The zero-order chi connectivity index (χ0) is 17.3. The van der Waals surface area contributed by atoms with Crippen LogP contribution in [0.3, 0.4) is 0 Å². The number of halogens is 2. The summed E-state index contributed by atoms with van der Waals surface area (Å²) in [6, 6.07) is 8.88. The first kappa shape index (κ1) is 16.8. The normalized spacial score (nSPS) is 17.2. The molecule has 0 spiro atoms. The average Bonchev–Trinajstić information content (AvgIpc) is 2.99. The Balaban J connectivity index is 1.81. The van der Waals surface area contributed by atoms with Crippen LogP contribution in [-0.2, 0) is 0 Å². The molecule has 3 nitrogen and oxygen atoms in total. The number of rotatable bonds is 2. The molecule has 0 aromatic heterocycles. The summed E-state index contributed by atoms with van der Waals surface area (Å²) in [6.45, 7) is 4.63. The maximum Gasteiger partial charge on any atom is 0.323 e. The highest BCUT2D eigenvalue weighted by atomic mass is 32.2. The van der Waals surface area contributed by atoms with Gasteiger partial charge in [0.25, 0.3) is 0 Å². The quantitative estimate of drug-likeness (QED) is 0.840. The second-order valence-electron chi connectivity index (χ2n) is 5.83. The lowest BCUT2D eigenvalue weighted by Gasteiger charge is -2.26.